The minimum absolute atomic E-state index is 0.423. The van der Waals surface area contributed by atoms with Gasteiger partial charge in [0.05, 0.1) is 19.8 Å². The number of nitrogens with one attached hydrogen (secondary N) is 2. The summed E-state index contributed by atoms with van der Waals surface area (Å²) in [6, 6.07) is 14.0. The van der Waals surface area contributed by atoms with Crippen molar-refractivity contribution >= 4 is 5.96 Å². The Bertz CT molecular complexity index is 795. The summed E-state index contributed by atoms with van der Waals surface area (Å²) < 4.78 is 16.7. The molecule has 8 nitrogen and oxygen atoms in total. The van der Waals surface area contributed by atoms with Gasteiger partial charge in [-0.3, -0.25) is 4.90 Å². The number of benzene rings is 1. The van der Waals surface area contributed by atoms with E-state index in [-0.39, 0.29) is 0 Å². The Morgan fingerprint density at radius 2 is 1.88 bits per heavy atom. The molecule has 0 aliphatic carbocycles. The maximum atomic E-state index is 5.66. The molecule has 2 heterocycles. The number of ether oxygens (including phenoxy) is 3. The molecule has 1 aromatic carbocycles. The van der Waals surface area contributed by atoms with E-state index in [1.807, 2.05) is 42.5 Å². The van der Waals surface area contributed by atoms with Crippen LogP contribution >= 0.6 is 0 Å². The lowest BCUT2D eigenvalue weighted by Gasteiger charge is -2.32. The number of rotatable bonds is 11. The van der Waals surface area contributed by atoms with Crippen molar-refractivity contribution in [1.82, 2.24) is 20.5 Å². The number of aromatic nitrogens is 1. The van der Waals surface area contributed by atoms with Gasteiger partial charge in [-0.1, -0.05) is 24.3 Å². The van der Waals surface area contributed by atoms with Crippen molar-refractivity contribution in [3.05, 3.63) is 54.2 Å². The Labute approximate surface area is 191 Å². The number of hydrogen-bond donors (Lipinski definition) is 2. The summed E-state index contributed by atoms with van der Waals surface area (Å²) in [6.45, 7) is 11.0. The Hall–Kier alpha value is -2.84. The van der Waals surface area contributed by atoms with Crippen LogP contribution in [0.15, 0.2) is 53.7 Å². The molecule has 2 N–H and O–H groups in total. The van der Waals surface area contributed by atoms with Crippen molar-refractivity contribution in [2.45, 2.75) is 26.4 Å². The lowest BCUT2D eigenvalue weighted by Crippen LogP contribution is -2.49. The topological polar surface area (TPSA) is 80.2 Å². The van der Waals surface area contributed by atoms with Gasteiger partial charge in [-0.25, -0.2) is 9.98 Å². The second-order valence-corrected chi connectivity index (χ2v) is 7.59. The molecule has 0 amide bonds. The molecule has 0 bridgehead atoms. The van der Waals surface area contributed by atoms with E-state index < -0.39 is 0 Å². The number of guanidine groups is 1. The fraction of sp³-hybridized carbons (Fsp3) is 0.500. The van der Waals surface area contributed by atoms with Crippen LogP contribution in [0.1, 0.15) is 19.4 Å². The molecule has 32 heavy (non-hydrogen) atoms. The fourth-order valence-electron chi connectivity index (χ4n) is 3.32. The van der Waals surface area contributed by atoms with E-state index in [4.69, 9.17) is 14.2 Å². The summed E-state index contributed by atoms with van der Waals surface area (Å²) in [5.74, 6) is 2.23. The van der Waals surface area contributed by atoms with Crippen LogP contribution in [0, 0.1) is 0 Å². The molecule has 174 valence electrons. The molecular formula is C24H35N5O3. The first-order chi connectivity index (χ1) is 15.7. The van der Waals surface area contributed by atoms with Crippen LogP contribution in [-0.4, -0.2) is 74.5 Å². The number of para-hydroxylation sites is 1. The van der Waals surface area contributed by atoms with E-state index in [2.05, 4.69) is 39.4 Å². The van der Waals surface area contributed by atoms with Crippen molar-refractivity contribution in [1.29, 1.82) is 0 Å². The summed E-state index contributed by atoms with van der Waals surface area (Å²) in [5, 5.41) is 6.75. The lowest BCUT2D eigenvalue weighted by molar-refractivity contribution is 0.0211. The summed E-state index contributed by atoms with van der Waals surface area (Å²) >= 11 is 0. The predicted octanol–water partition coefficient (Wildman–Crippen LogP) is 2.32. The summed E-state index contributed by atoms with van der Waals surface area (Å²) in [5.41, 5.74) is 1.02. The van der Waals surface area contributed by atoms with Gasteiger partial charge in [0, 0.05) is 44.5 Å². The van der Waals surface area contributed by atoms with E-state index in [0.29, 0.717) is 31.7 Å². The highest BCUT2D eigenvalue weighted by Gasteiger charge is 2.16. The number of aliphatic imine (C=N–C) groups is 1. The number of nitrogens with zero attached hydrogens (tertiary/aromatic N) is 3. The standard InChI is InChI=1S/C24H35N5O3/c1-3-25-24(27-17-20(2)29-11-13-30-14-12-29)28-19-21-9-10-23(26-18-21)32-16-15-31-22-7-5-4-6-8-22/h4-10,18,20H,3,11-17,19H2,1-2H3,(H2,25,27,28). The first-order valence-corrected chi connectivity index (χ1v) is 11.3. The molecule has 8 heteroatoms. The quantitative estimate of drug-likeness (QED) is 0.315. The SMILES string of the molecule is CCNC(=NCc1ccc(OCCOc2ccccc2)nc1)NCC(C)N1CCOCC1. The molecule has 3 rings (SSSR count). The summed E-state index contributed by atoms with van der Waals surface area (Å²) in [7, 11) is 0. The molecule has 1 aromatic heterocycles. The van der Waals surface area contributed by atoms with Gasteiger partial charge in [0.2, 0.25) is 5.88 Å². The molecule has 0 radical (unpaired) electrons. The van der Waals surface area contributed by atoms with Crippen LogP contribution in [-0.2, 0) is 11.3 Å². The smallest absolute Gasteiger partial charge is 0.213 e. The van der Waals surface area contributed by atoms with Crippen LogP contribution in [0.4, 0.5) is 0 Å². The van der Waals surface area contributed by atoms with Crippen molar-refractivity contribution in [2.75, 3.05) is 52.6 Å². The molecule has 1 fully saturated rings. The highest BCUT2D eigenvalue weighted by Crippen LogP contribution is 2.10. The van der Waals surface area contributed by atoms with Crippen LogP contribution in [0.5, 0.6) is 11.6 Å². The van der Waals surface area contributed by atoms with E-state index >= 15 is 0 Å². The molecule has 0 spiro atoms. The Morgan fingerprint density at radius 1 is 1.09 bits per heavy atom. The van der Waals surface area contributed by atoms with Gasteiger partial charge >= 0.3 is 0 Å². The first kappa shape index (κ1) is 23.8. The van der Waals surface area contributed by atoms with E-state index in [1.165, 1.54) is 0 Å². The van der Waals surface area contributed by atoms with Gasteiger partial charge < -0.3 is 24.8 Å². The number of hydrogen-bond acceptors (Lipinski definition) is 6. The highest BCUT2D eigenvalue weighted by atomic mass is 16.5. The van der Waals surface area contributed by atoms with Gasteiger partial charge in [-0.2, -0.15) is 0 Å². The Balaban J connectivity index is 1.40. The predicted molar refractivity (Wildman–Crippen MR) is 126 cm³/mol. The van der Waals surface area contributed by atoms with Crippen molar-refractivity contribution in [3.8, 4) is 11.6 Å². The summed E-state index contributed by atoms with van der Waals surface area (Å²) in [6.07, 6.45) is 1.80. The monoisotopic (exact) mass is 441 g/mol. The van der Waals surface area contributed by atoms with Crippen LogP contribution < -0.4 is 20.1 Å². The van der Waals surface area contributed by atoms with Crippen LogP contribution in [0.25, 0.3) is 0 Å². The van der Waals surface area contributed by atoms with Gasteiger partial charge in [0.1, 0.15) is 19.0 Å². The second kappa shape index (κ2) is 13.5. The van der Waals surface area contributed by atoms with Crippen molar-refractivity contribution < 1.29 is 14.2 Å². The van der Waals surface area contributed by atoms with Gasteiger partial charge in [-0.05, 0) is 31.5 Å². The largest absolute Gasteiger partial charge is 0.490 e. The minimum Gasteiger partial charge on any atom is -0.490 e. The Kier molecular flexibility index (Phi) is 10.1. The third kappa shape index (κ3) is 8.36. The zero-order valence-corrected chi connectivity index (χ0v) is 19.1. The van der Waals surface area contributed by atoms with E-state index in [9.17, 15) is 0 Å². The minimum atomic E-state index is 0.423. The van der Waals surface area contributed by atoms with Crippen molar-refractivity contribution in [3.63, 3.8) is 0 Å². The first-order valence-electron chi connectivity index (χ1n) is 11.3. The average molecular weight is 442 g/mol. The maximum absolute atomic E-state index is 5.66. The zero-order valence-electron chi connectivity index (χ0n) is 19.1. The highest BCUT2D eigenvalue weighted by molar-refractivity contribution is 5.79. The van der Waals surface area contributed by atoms with Crippen LogP contribution in [0.3, 0.4) is 0 Å². The van der Waals surface area contributed by atoms with Gasteiger partial charge in [0.15, 0.2) is 5.96 Å². The lowest BCUT2D eigenvalue weighted by atomic mass is 10.2. The zero-order chi connectivity index (χ0) is 22.4. The van der Waals surface area contributed by atoms with Crippen LogP contribution in [0.2, 0.25) is 0 Å². The number of morpholine rings is 1. The molecular weight excluding hydrogens is 406 g/mol. The Morgan fingerprint density at radius 3 is 2.59 bits per heavy atom. The van der Waals surface area contributed by atoms with Crippen molar-refractivity contribution in [2.24, 2.45) is 4.99 Å². The fourth-order valence-corrected chi connectivity index (χ4v) is 3.32. The third-order valence-electron chi connectivity index (χ3n) is 5.14. The number of pyridine rings is 1. The second-order valence-electron chi connectivity index (χ2n) is 7.59. The summed E-state index contributed by atoms with van der Waals surface area (Å²) in [4.78, 5) is 11.5. The molecule has 1 aliphatic heterocycles. The van der Waals surface area contributed by atoms with E-state index in [0.717, 1.165) is 56.7 Å². The maximum Gasteiger partial charge on any atom is 0.213 e. The average Bonchev–Trinajstić information content (AvgIpc) is 2.85. The molecule has 0 saturated carbocycles. The van der Waals surface area contributed by atoms with Gasteiger partial charge in [-0.15, -0.1) is 0 Å². The van der Waals surface area contributed by atoms with Gasteiger partial charge in [0.25, 0.3) is 0 Å². The molecule has 1 saturated heterocycles. The van der Waals surface area contributed by atoms with E-state index in [1.54, 1.807) is 6.20 Å². The normalized spacial score (nSPS) is 15.8. The molecule has 2 aromatic rings. The molecule has 1 aliphatic rings. The third-order valence-corrected chi connectivity index (χ3v) is 5.14. The molecule has 1 unspecified atom stereocenters. The molecule has 1 atom stereocenters.